The maximum absolute atomic E-state index is 11.1. The van der Waals surface area contributed by atoms with Crippen LogP contribution >= 0.6 is 0 Å². The molecule has 0 saturated heterocycles. The van der Waals surface area contributed by atoms with E-state index < -0.39 is 0 Å². The van der Waals surface area contributed by atoms with Crippen LogP contribution in [0, 0.1) is 6.92 Å². The Hall–Kier alpha value is -1.97. The summed E-state index contributed by atoms with van der Waals surface area (Å²) in [5.74, 6) is 0. The van der Waals surface area contributed by atoms with E-state index in [4.69, 9.17) is 0 Å². The van der Waals surface area contributed by atoms with Crippen molar-refractivity contribution in [2.24, 2.45) is 0 Å². The van der Waals surface area contributed by atoms with Gasteiger partial charge in [-0.05, 0) is 25.1 Å². The molecule has 0 radical (unpaired) electrons. The number of pyridine rings is 1. The van der Waals surface area contributed by atoms with Crippen molar-refractivity contribution in [2.45, 2.75) is 6.92 Å². The molecule has 4 heteroatoms. The molecule has 0 unspecified atom stereocenters. The predicted octanol–water partition coefficient (Wildman–Crippen LogP) is 1.14. The zero-order chi connectivity index (χ0) is 9.97. The lowest BCUT2D eigenvalue weighted by Crippen LogP contribution is -2.11. The smallest absolute Gasteiger partial charge is 0.267 e. The van der Waals surface area contributed by atoms with Gasteiger partial charge in [0.1, 0.15) is 0 Å². The summed E-state index contributed by atoms with van der Waals surface area (Å²) in [4.78, 5) is 15.0. The molecule has 0 aromatic carbocycles. The van der Waals surface area contributed by atoms with Crippen LogP contribution in [-0.4, -0.2) is 15.2 Å². The number of aromatic nitrogens is 3. The summed E-state index contributed by atoms with van der Waals surface area (Å²) in [7, 11) is 0. The van der Waals surface area contributed by atoms with Crippen molar-refractivity contribution >= 4 is 0 Å². The van der Waals surface area contributed by atoms with E-state index in [1.54, 1.807) is 25.4 Å². The first kappa shape index (κ1) is 8.62. The minimum atomic E-state index is -0.150. The summed E-state index contributed by atoms with van der Waals surface area (Å²) in [6.45, 7) is 1.76. The third-order valence-electron chi connectivity index (χ3n) is 1.97. The molecule has 2 rings (SSSR count). The molecule has 0 atom stereocenters. The summed E-state index contributed by atoms with van der Waals surface area (Å²) < 4.78 is 0. The second kappa shape index (κ2) is 3.41. The van der Waals surface area contributed by atoms with E-state index in [9.17, 15) is 4.79 Å². The van der Waals surface area contributed by atoms with Gasteiger partial charge in [0.25, 0.3) is 5.56 Å². The lowest BCUT2D eigenvalue weighted by Gasteiger charge is -1.99. The van der Waals surface area contributed by atoms with Crippen LogP contribution in [0.4, 0.5) is 0 Å². The van der Waals surface area contributed by atoms with Gasteiger partial charge in [0.05, 0.1) is 5.69 Å². The van der Waals surface area contributed by atoms with Crippen LogP contribution in [0.2, 0.25) is 0 Å². The van der Waals surface area contributed by atoms with E-state index >= 15 is 0 Å². The predicted molar refractivity (Wildman–Crippen MR) is 52.8 cm³/mol. The Labute approximate surface area is 80.6 Å². The van der Waals surface area contributed by atoms with Gasteiger partial charge in [0.2, 0.25) is 0 Å². The fraction of sp³-hybridized carbons (Fsp3) is 0.100. The van der Waals surface area contributed by atoms with Crippen LogP contribution in [0.3, 0.4) is 0 Å². The number of rotatable bonds is 1. The molecule has 0 aliphatic rings. The normalized spacial score (nSPS) is 10.1. The Balaban J connectivity index is 2.54. The maximum Gasteiger partial charge on any atom is 0.267 e. The van der Waals surface area contributed by atoms with Crippen LogP contribution < -0.4 is 5.56 Å². The average molecular weight is 187 g/mol. The van der Waals surface area contributed by atoms with Gasteiger partial charge in [-0.1, -0.05) is 0 Å². The fourth-order valence-corrected chi connectivity index (χ4v) is 1.17. The van der Waals surface area contributed by atoms with Gasteiger partial charge < -0.3 is 0 Å². The zero-order valence-electron chi connectivity index (χ0n) is 7.69. The molecule has 0 amide bonds. The molecular formula is C10H9N3O. The highest BCUT2D eigenvalue weighted by molar-refractivity contribution is 5.57. The quantitative estimate of drug-likeness (QED) is 0.728. The molecule has 0 aliphatic heterocycles. The first-order valence-corrected chi connectivity index (χ1v) is 4.24. The minimum absolute atomic E-state index is 0.150. The van der Waals surface area contributed by atoms with E-state index in [1.807, 2.05) is 12.1 Å². The third-order valence-corrected chi connectivity index (χ3v) is 1.97. The summed E-state index contributed by atoms with van der Waals surface area (Å²) in [5.41, 5.74) is 2.21. The van der Waals surface area contributed by atoms with Gasteiger partial charge >= 0.3 is 0 Å². The van der Waals surface area contributed by atoms with Crippen LogP contribution in [0.15, 0.2) is 35.4 Å². The summed E-state index contributed by atoms with van der Waals surface area (Å²) in [5, 5.41) is 6.38. The minimum Gasteiger partial charge on any atom is -0.268 e. The molecule has 2 heterocycles. The Morgan fingerprint density at radius 2 is 2.00 bits per heavy atom. The molecule has 4 nitrogen and oxygen atoms in total. The molecular weight excluding hydrogens is 178 g/mol. The van der Waals surface area contributed by atoms with Gasteiger partial charge in [-0.3, -0.25) is 9.78 Å². The molecule has 1 N–H and O–H groups in total. The molecule has 0 saturated carbocycles. The molecule has 0 spiro atoms. The molecule has 0 fully saturated rings. The van der Waals surface area contributed by atoms with E-state index in [0.717, 1.165) is 11.3 Å². The van der Waals surface area contributed by atoms with Crippen molar-refractivity contribution in [2.75, 3.05) is 0 Å². The highest BCUT2D eigenvalue weighted by Gasteiger charge is 2.00. The number of aromatic amines is 1. The Bertz CT molecular complexity index is 490. The Morgan fingerprint density at radius 1 is 1.29 bits per heavy atom. The fourth-order valence-electron chi connectivity index (χ4n) is 1.17. The van der Waals surface area contributed by atoms with Crippen molar-refractivity contribution in [3.63, 3.8) is 0 Å². The van der Waals surface area contributed by atoms with Gasteiger partial charge in [-0.15, -0.1) is 0 Å². The number of hydrogen-bond donors (Lipinski definition) is 1. The average Bonchev–Trinajstić information content (AvgIpc) is 2.23. The molecule has 2 aromatic rings. The van der Waals surface area contributed by atoms with Crippen molar-refractivity contribution in [3.05, 3.63) is 46.5 Å². The zero-order valence-corrected chi connectivity index (χ0v) is 7.69. The number of nitrogens with zero attached hydrogens (tertiary/aromatic N) is 2. The first-order valence-electron chi connectivity index (χ1n) is 4.24. The number of H-pyrrole nitrogens is 1. The highest BCUT2D eigenvalue weighted by atomic mass is 16.1. The second-order valence-electron chi connectivity index (χ2n) is 3.00. The second-order valence-corrected chi connectivity index (χ2v) is 3.00. The third kappa shape index (κ3) is 1.54. The van der Waals surface area contributed by atoms with Crippen LogP contribution in [0.5, 0.6) is 0 Å². The SMILES string of the molecule is Cc1cc(-c2ccncc2)n[nH]c1=O. The Kier molecular flexibility index (Phi) is 2.10. The molecule has 2 aromatic heterocycles. The maximum atomic E-state index is 11.1. The van der Waals surface area contributed by atoms with E-state index in [1.165, 1.54) is 0 Å². The standard InChI is InChI=1S/C10H9N3O/c1-7-6-9(12-13-10(7)14)8-2-4-11-5-3-8/h2-6H,1H3,(H,13,14). The monoisotopic (exact) mass is 187 g/mol. The van der Waals surface area contributed by atoms with Crippen molar-refractivity contribution in [1.82, 2.24) is 15.2 Å². The van der Waals surface area contributed by atoms with Gasteiger partial charge in [-0.25, -0.2) is 5.10 Å². The lowest BCUT2D eigenvalue weighted by atomic mass is 10.1. The van der Waals surface area contributed by atoms with Crippen molar-refractivity contribution in [3.8, 4) is 11.3 Å². The highest BCUT2D eigenvalue weighted by Crippen LogP contribution is 2.13. The topological polar surface area (TPSA) is 58.6 Å². The lowest BCUT2D eigenvalue weighted by molar-refractivity contribution is 0.975. The van der Waals surface area contributed by atoms with E-state index in [-0.39, 0.29) is 5.56 Å². The van der Waals surface area contributed by atoms with Gasteiger partial charge in [0.15, 0.2) is 0 Å². The molecule has 14 heavy (non-hydrogen) atoms. The molecule has 0 aliphatic carbocycles. The van der Waals surface area contributed by atoms with Crippen LogP contribution in [0.25, 0.3) is 11.3 Å². The largest absolute Gasteiger partial charge is 0.268 e. The molecule has 70 valence electrons. The van der Waals surface area contributed by atoms with Gasteiger partial charge in [-0.2, -0.15) is 5.10 Å². The summed E-state index contributed by atoms with van der Waals surface area (Å²) in [6, 6.07) is 5.45. The molecule has 0 bridgehead atoms. The van der Waals surface area contributed by atoms with Gasteiger partial charge in [0, 0.05) is 23.5 Å². The van der Waals surface area contributed by atoms with Crippen molar-refractivity contribution < 1.29 is 0 Å². The summed E-state index contributed by atoms with van der Waals surface area (Å²) in [6.07, 6.45) is 3.38. The number of nitrogens with one attached hydrogen (secondary N) is 1. The Morgan fingerprint density at radius 3 is 2.64 bits per heavy atom. The van der Waals surface area contributed by atoms with E-state index in [0.29, 0.717) is 5.56 Å². The number of hydrogen-bond acceptors (Lipinski definition) is 3. The van der Waals surface area contributed by atoms with Crippen LogP contribution in [-0.2, 0) is 0 Å². The number of aryl methyl sites for hydroxylation is 1. The first-order chi connectivity index (χ1) is 6.77. The van der Waals surface area contributed by atoms with Crippen LogP contribution in [0.1, 0.15) is 5.56 Å². The van der Waals surface area contributed by atoms with Crippen molar-refractivity contribution in [1.29, 1.82) is 0 Å². The van der Waals surface area contributed by atoms with E-state index in [2.05, 4.69) is 15.2 Å². The summed E-state index contributed by atoms with van der Waals surface area (Å²) >= 11 is 0.